The van der Waals surface area contributed by atoms with Crippen molar-refractivity contribution in [1.82, 2.24) is 10.3 Å². The van der Waals surface area contributed by atoms with Gasteiger partial charge in [-0.25, -0.2) is 13.8 Å². The Hall–Kier alpha value is -3.68. The molecule has 0 radical (unpaired) electrons. The van der Waals surface area contributed by atoms with E-state index < -0.39 is 11.6 Å². The molecule has 0 fully saturated rings. The van der Waals surface area contributed by atoms with Crippen LogP contribution in [0.15, 0.2) is 54.7 Å². The van der Waals surface area contributed by atoms with E-state index in [2.05, 4.69) is 15.6 Å². The average Bonchev–Trinajstić information content (AvgIpc) is 2.75. The van der Waals surface area contributed by atoms with Crippen LogP contribution >= 0.6 is 0 Å². The number of amides is 1. The largest absolute Gasteiger partial charge is 0.493 e. The molecule has 6 nitrogen and oxygen atoms in total. The molecule has 3 rings (SSSR count). The first kappa shape index (κ1) is 20.1. The number of para-hydroxylation sites is 1. The highest BCUT2D eigenvalue weighted by atomic mass is 19.1. The van der Waals surface area contributed by atoms with E-state index in [1.165, 1.54) is 31.5 Å². The molecule has 0 aliphatic heterocycles. The van der Waals surface area contributed by atoms with Crippen LogP contribution in [0, 0.1) is 11.6 Å². The van der Waals surface area contributed by atoms with Gasteiger partial charge < -0.3 is 20.1 Å². The van der Waals surface area contributed by atoms with E-state index in [1.807, 2.05) is 6.07 Å². The second kappa shape index (κ2) is 9.01. The molecule has 0 atom stereocenters. The molecule has 0 spiro atoms. The van der Waals surface area contributed by atoms with Gasteiger partial charge in [-0.2, -0.15) is 0 Å². The Morgan fingerprint density at radius 3 is 2.34 bits per heavy atom. The van der Waals surface area contributed by atoms with Gasteiger partial charge in [0.05, 0.1) is 26.1 Å². The first-order valence-corrected chi connectivity index (χ1v) is 8.68. The molecule has 150 valence electrons. The molecule has 8 heteroatoms. The number of halogens is 2. The van der Waals surface area contributed by atoms with Gasteiger partial charge in [0.2, 0.25) is 0 Å². The topological polar surface area (TPSA) is 72.5 Å². The predicted molar refractivity (Wildman–Crippen MR) is 105 cm³/mol. The molecule has 2 N–H and O–H groups in total. The summed E-state index contributed by atoms with van der Waals surface area (Å²) in [7, 11) is 3.08. The maximum Gasteiger partial charge on any atom is 0.270 e. The second-order valence-corrected chi connectivity index (χ2v) is 6.03. The summed E-state index contributed by atoms with van der Waals surface area (Å²) < 4.78 is 37.8. The Balaban J connectivity index is 1.63. The lowest BCUT2D eigenvalue weighted by atomic mass is 10.2. The van der Waals surface area contributed by atoms with E-state index in [0.29, 0.717) is 17.2 Å². The van der Waals surface area contributed by atoms with E-state index in [1.54, 1.807) is 19.2 Å². The minimum Gasteiger partial charge on any atom is -0.493 e. The van der Waals surface area contributed by atoms with E-state index in [4.69, 9.17) is 9.47 Å². The molecule has 0 saturated carbocycles. The molecule has 0 aliphatic carbocycles. The minimum atomic E-state index is -0.721. The zero-order chi connectivity index (χ0) is 20.8. The minimum absolute atomic E-state index is 0.171. The Bertz CT molecular complexity index is 990. The molecule has 0 bridgehead atoms. The predicted octanol–water partition coefficient (Wildman–Crippen LogP) is 4.05. The number of rotatable bonds is 7. The Labute approximate surface area is 166 Å². The smallest absolute Gasteiger partial charge is 0.270 e. The summed E-state index contributed by atoms with van der Waals surface area (Å²) in [6.07, 6.45) is 1.33. The first-order chi connectivity index (χ1) is 14.0. The molecular weight excluding hydrogens is 380 g/mol. The van der Waals surface area contributed by atoms with Gasteiger partial charge in [0.15, 0.2) is 11.5 Å². The van der Waals surface area contributed by atoms with Crippen LogP contribution in [0.3, 0.4) is 0 Å². The summed E-state index contributed by atoms with van der Waals surface area (Å²) in [6, 6.07) is 11.9. The number of carbonyl (C=O) groups is 1. The van der Waals surface area contributed by atoms with Crippen LogP contribution in [0.2, 0.25) is 0 Å². The Kier molecular flexibility index (Phi) is 6.23. The number of benzene rings is 2. The molecule has 2 aromatic carbocycles. The van der Waals surface area contributed by atoms with Crippen LogP contribution in [0.1, 0.15) is 16.1 Å². The lowest BCUT2D eigenvalue weighted by Gasteiger charge is -2.11. The SMILES string of the molecule is COc1ccc(CNC(=O)c2ccc(Nc3c(F)cccc3F)cn2)cc1OC. The summed E-state index contributed by atoms with van der Waals surface area (Å²) >= 11 is 0. The number of pyridine rings is 1. The molecule has 0 unspecified atom stereocenters. The van der Waals surface area contributed by atoms with E-state index >= 15 is 0 Å². The van der Waals surface area contributed by atoms with Crippen LogP contribution in [-0.2, 0) is 6.54 Å². The first-order valence-electron chi connectivity index (χ1n) is 8.68. The van der Waals surface area contributed by atoms with Crippen molar-refractivity contribution in [3.8, 4) is 11.5 Å². The lowest BCUT2D eigenvalue weighted by molar-refractivity contribution is 0.0946. The van der Waals surface area contributed by atoms with Crippen molar-refractivity contribution in [2.75, 3.05) is 19.5 Å². The molecule has 1 aromatic heterocycles. The fourth-order valence-corrected chi connectivity index (χ4v) is 2.63. The summed E-state index contributed by atoms with van der Waals surface area (Å²) in [4.78, 5) is 16.3. The molecule has 29 heavy (non-hydrogen) atoms. The maximum atomic E-state index is 13.7. The summed E-state index contributed by atoms with van der Waals surface area (Å²) in [6.45, 7) is 0.265. The number of hydrogen-bond donors (Lipinski definition) is 2. The molecule has 1 heterocycles. The van der Waals surface area contributed by atoms with Gasteiger partial charge in [-0.05, 0) is 42.0 Å². The van der Waals surface area contributed by atoms with Crippen molar-refractivity contribution in [2.45, 2.75) is 6.54 Å². The number of anilines is 2. The monoisotopic (exact) mass is 399 g/mol. The van der Waals surface area contributed by atoms with Gasteiger partial charge in [0.1, 0.15) is 23.0 Å². The number of methoxy groups -OCH3 is 2. The lowest BCUT2D eigenvalue weighted by Crippen LogP contribution is -2.23. The highest BCUT2D eigenvalue weighted by Gasteiger charge is 2.11. The third-order valence-corrected chi connectivity index (χ3v) is 4.13. The summed E-state index contributed by atoms with van der Waals surface area (Å²) in [5.74, 6) is -0.668. The van der Waals surface area contributed by atoms with Gasteiger partial charge in [-0.3, -0.25) is 4.79 Å². The van der Waals surface area contributed by atoms with Gasteiger partial charge in [-0.1, -0.05) is 12.1 Å². The van der Waals surface area contributed by atoms with E-state index in [9.17, 15) is 13.6 Å². The van der Waals surface area contributed by atoms with Gasteiger partial charge in [0.25, 0.3) is 5.91 Å². The third kappa shape index (κ3) is 4.78. The van der Waals surface area contributed by atoms with Crippen molar-refractivity contribution in [3.63, 3.8) is 0 Å². The number of carbonyl (C=O) groups excluding carboxylic acids is 1. The zero-order valence-electron chi connectivity index (χ0n) is 15.8. The van der Waals surface area contributed by atoms with Gasteiger partial charge in [-0.15, -0.1) is 0 Å². The van der Waals surface area contributed by atoms with E-state index in [0.717, 1.165) is 17.7 Å². The molecule has 0 aliphatic rings. The van der Waals surface area contributed by atoms with Crippen molar-refractivity contribution >= 4 is 17.3 Å². The molecule has 1 amide bonds. The fourth-order valence-electron chi connectivity index (χ4n) is 2.63. The van der Waals surface area contributed by atoms with Crippen molar-refractivity contribution in [3.05, 3.63) is 77.6 Å². The Morgan fingerprint density at radius 1 is 1.00 bits per heavy atom. The van der Waals surface area contributed by atoms with Crippen LogP contribution in [0.4, 0.5) is 20.2 Å². The maximum absolute atomic E-state index is 13.7. The highest BCUT2D eigenvalue weighted by Crippen LogP contribution is 2.27. The number of hydrogen-bond acceptors (Lipinski definition) is 5. The normalized spacial score (nSPS) is 10.3. The number of aromatic nitrogens is 1. The average molecular weight is 399 g/mol. The van der Waals surface area contributed by atoms with Gasteiger partial charge >= 0.3 is 0 Å². The molecule has 3 aromatic rings. The van der Waals surface area contributed by atoms with Crippen molar-refractivity contribution in [2.24, 2.45) is 0 Å². The molecule has 0 saturated heterocycles. The fraction of sp³-hybridized carbons (Fsp3) is 0.143. The highest BCUT2D eigenvalue weighted by molar-refractivity contribution is 5.92. The Morgan fingerprint density at radius 2 is 1.72 bits per heavy atom. The third-order valence-electron chi connectivity index (χ3n) is 4.13. The van der Waals surface area contributed by atoms with Crippen molar-refractivity contribution in [1.29, 1.82) is 0 Å². The van der Waals surface area contributed by atoms with E-state index in [-0.39, 0.29) is 23.8 Å². The van der Waals surface area contributed by atoms with Crippen LogP contribution < -0.4 is 20.1 Å². The quantitative estimate of drug-likeness (QED) is 0.627. The zero-order valence-corrected chi connectivity index (χ0v) is 15.8. The second-order valence-electron chi connectivity index (χ2n) is 6.03. The van der Waals surface area contributed by atoms with Crippen LogP contribution in [0.5, 0.6) is 11.5 Å². The van der Waals surface area contributed by atoms with Crippen LogP contribution in [0.25, 0.3) is 0 Å². The van der Waals surface area contributed by atoms with Crippen LogP contribution in [-0.4, -0.2) is 25.1 Å². The number of nitrogens with zero attached hydrogens (tertiary/aromatic N) is 1. The summed E-state index contributed by atoms with van der Waals surface area (Å²) in [5.41, 5.74) is 1.07. The standard InChI is InChI=1S/C21H19F2N3O3/c1-28-18-9-6-13(10-19(18)29-2)11-25-21(27)17-8-7-14(12-24-17)26-20-15(22)4-3-5-16(20)23/h3-10,12,26H,11H2,1-2H3,(H,25,27). The number of nitrogens with one attached hydrogen (secondary N) is 2. The van der Waals surface area contributed by atoms with Crippen molar-refractivity contribution < 1.29 is 23.0 Å². The summed E-state index contributed by atoms with van der Waals surface area (Å²) in [5, 5.41) is 5.37. The van der Waals surface area contributed by atoms with Gasteiger partial charge in [0, 0.05) is 6.54 Å². The number of ether oxygens (including phenoxy) is 2. The molecular formula is C21H19F2N3O3.